The first-order valence-corrected chi connectivity index (χ1v) is 18.3. The molecule has 0 atom stereocenters. The summed E-state index contributed by atoms with van der Waals surface area (Å²) in [6, 6.07) is 63.6. The van der Waals surface area contributed by atoms with Gasteiger partial charge >= 0.3 is 0 Å². The minimum atomic E-state index is 0.580. The Hall–Kier alpha value is -7.86. The molecule has 0 bridgehead atoms. The molecular weight excluding hydrogens is 671 g/mol. The normalized spacial score (nSPS) is 11.6. The Morgan fingerprint density at radius 3 is 1.58 bits per heavy atom. The van der Waals surface area contributed by atoms with Gasteiger partial charge in [-0.05, 0) is 71.6 Å². The van der Waals surface area contributed by atoms with E-state index in [1.54, 1.807) is 0 Å². The summed E-state index contributed by atoms with van der Waals surface area (Å²) in [7, 11) is 0. The van der Waals surface area contributed by atoms with Crippen LogP contribution in [-0.4, -0.2) is 13.7 Å². The molecule has 11 aromatic rings. The molecule has 0 saturated heterocycles. The molecule has 0 spiro atoms. The van der Waals surface area contributed by atoms with Crippen LogP contribution in [0.4, 0.5) is 5.69 Å². The van der Waals surface area contributed by atoms with E-state index in [-0.39, 0.29) is 0 Å². The lowest BCUT2D eigenvalue weighted by molar-refractivity contribution is 1.12. The van der Waals surface area contributed by atoms with Crippen LogP contribution in [0.1, 0.15) is 5.56 Å². The Morgan fingerprint density at radius 1 is 0.418 bits per heavy atom. The summed E-state index contributed by atoms with van der Waals surface area (Å²) in [5.74, 6) is 0. The summed E-state index contributed by atoms with van der Waals surface area (Å²) in [6.07, 6.45) is 0. The Morgan fingerprint density at radius 2 is 0.927 bits per heavy atom. The van der Waals surface area contributed by atoms with Crippen LogP contribution in [0.5, 0.6) is 0 Å². The van der Waals surface area contributed by atoms with Crippen molar-refractivity contribution in [2.24, 2.45) is 0 Å². The van der Waals surface area contributed by atoms with Crippen molar-refractivity contribution >= 4 is 71.1 Å². The third-order valence-electron chi connectivity index (χ3n) is 11.1. The Bertz CT molecular complexity index is 3420. The number of rotatable bonds is 4. The fourth-order valence-electron chi connectivity index (χ4n) is 8.80. The summed E-state index contributed by atoms with van der Waals surface area (Å²) in [5.41, 5.74) is 12.5. The van der Waals surface area contributed by atoms with Crippen LogP contribution in [0.25, 0.3) is 98.5 Å². The first kappa shape index (κ1) is 30.7. The first-order valence-electron chi connectivity index (χ1n) is 18.3. The molecule has 5 nitrogen and oxygen atoms in total. The second-order valence-electron chi connectivity index (χ2n) is 13.9. The largest absolute Gasteiger partial charge is 0.309 e. The monoisotopic (exact) mass is 699 g/mol. The molecule has 11 rings (SSSR count). The number of aromatic nitrogens is 3. The molecule has 8 aromatic carbocycles. The van der Waals surface area contributed by atoms with Gasteiger partial charge in [0, 0.05) is 32.5 Å². The average Bonchev–Trinajstić information content (AvgIpc) is 3.89. The molecule has 5 heteroatoms. The van der Waals surface area contributed by atoms with Crippen molar-refractivity contribution in [1.82, 2.24) is 13.7 Å². The van der Waals surface area contributed by atoms with E-state index in [1.165, 1.54) is 10.8 Å². The molecule has 0 fully saturated rings. The van der Waals surface area contributed by atoms with Crippen LogP contribution in [0.2, 0.25) is 0 Å². The van der Waals surface area contributed by atoms with Gasteiger partial charge in [0.25, 0.3) is 0 Å². The average molecular weight is 700 g/mol. The predicted octanol–water partition coefficient (Wildman–Crippen LogP) is 13.1. The van der Waals surface area contributed by atoms with Crippen LogP contribution < -0.4 is 0 Å². The fraction of sp³-hybridized carbons (Fsp3) is 0. The molecular formula is C50H29N5. The molecule has 3 heterocycles. The predicted molar refractivity (Wildman–Crippen MR) is 226 cm³/mol. The highest BCUT2D eigenvalue weighted by atomic mass is 15.1. The van der Waals surface area contributed by atoms with Crippen molar-refractivity contribution in [3.8, 4) is 34.3 Å². The van der Waals surface area contributed by atoms with Gasteiger partial charge in [0.1, 0.15) is 6.07 Å². The Balaban J connectivity index is 1.17. The minimum Gasteiger partial charge on any atom is -0.309 e. The van der Waals surface area contributed by atoms with E-state index in [1.807, 2.05) is 24.3 Å². The van der Waals surface area contributed by atoms with E-state index in [0.29, 0.717) is 11.3 Å². The van der Waals surface area contributed by atoms with E-state index in [2.05, 4.69) is 176 Å². The fourth-order valence-corrected chi connectivity index (χ4v) is 8.80. The van der Waals surface area contributed by atoms with E-state index in [4.69, 9.17) is 6.57 Å². The number of para-hydroxylation sites is 6. The molecule has 0 aliphatic heterocycles. The number of hydrogen-bond donors (Lipinski definition) is 0. The lowest BCUT2D eigenvalue weighted by Crippen LogP contribution is -2.03. The molecule has 0 saturated carbocycles. The number of nitriles is 1. The van der Waals surface area contributed by atoms with Gasteiger partial charge in [-0.15, -0.1) is 0 Å². The summed E-state index contributed by atoms with van der Waals surface area (Å²) in [6.45, 7) is 7.70. The van der Waals surface area contributed by atoms with Gasteiger partial charge in [0.05, 0.1) is 62.3 Å². The van der Waals surface area contributed by atoms with E-state index in [0.717, 1.165) is 82.8 Å². The number of benzene rings is 8. The van der Waals surface area contributed by atoms with Gasteiger partial charge in [-0.25, -0.2) is 4.85 Å². The van der Waals surface area contributed by atoms with Gasteiger partial charge < -0.3 is 13.7 Å². The van der Waals surface area contributed by atoms with E-state index < -0.39 is 0 Å². The summed E-state index contributed by atoms with van der Waals surface area (Å²) < 4.78 is 6.90. The van der Waals surface area contributed by atoms with Gasteiger partial charge in [0.2, 0.25) is 0 Å². The smallest absolute Gasteiger partial charge is 0.188 e. The maximum absolute atomic E-state index is 11.0. The van der Waals surface area contributed by atoms with Gasteiger partial charge in [-0.1, -0.05) is 115 Å². The quantitative estimate of drug-likeness (QED) is 0.169. The van der Waals surface area contributed by atoms with Crippen molar-refractivity contribution in [3.63, 3.8) is 0 Å². The highest BCUT2D eigenvalue weighted by Gasteiger charge is 2.22. The number of fused-ring (bicyclic) bond motifs is 9. The number of hydrogen-bond acceptors (Lipinski definition) is 1. The van der Waals surface area contributed by atoms with Gasteiger partial charge in [-0.2, -0.15) is 5.26 Å². The van der Waals surface area contributed by atoms with E-state index in [9.17, 15) is 5.26 Å². The van der Waals surface area contributed by atoms with Crippen LogP contribution in [0, 0.1) is 17.9 Å². The molecule has 3 aromatic heterocycles. The molecule has 0 unspecified atom stereocenters. The topological polar surface area (TPSA) is 42.9 Å². The third kappa shape index (κ3) is 4.39. The molecule has 0 aliphatic rings. The Labute approximate surface area is 316 Å². The highest BCUT2D eigenvalue weighted by molar-refractivity contribution is 6.15. The van der Waals surface area contributed by atoms with Gasteiger partial charge in [0.15, 0.2) is 5.69 Å². The van der Waals surface area contributed by atoms with Crippen LogP contribution in [-0.2, 0) is 0 Å². The first-order chi connectivity index (χ1) is 27.2. The summed E-state index contributed by atoms with van der Waals surface area (Å²) >= 11 is 0. The molecule has 55 heavy (non-hydrogen) atoms. The van der Waals surface area contributed by atoms with Crippen molar-refractivity contribution in [2.75, 3.05) is 0 Å². The zero-order valence-electron chi connectivity index (χ0n) is 29.5. The summed E-state index contributed by atoms with van der Waals surface area (Å²) in [4.78, 5) is 3.74. The molecule has 0 radical (unpaired) electrons. The van der Waals surface area contributed by atoms with Crippen LogP contribution in [0.15, 0.2) is 176 Å². The highest BCUT2D eigenvalue weighted by Crippen LogP contribution is 2.42. The second kappa shape index (κ2) is 11.8. The third-order valence-corrected chi connectivity index (χ3v) is 11.1. The summed E-state index contributed by atoms with van der Waals surface area (Å²) in [5, 5.41) is 17.7. The molecule has 0 aliphatic carbocycles. The maximum Gasteiger partial charge on any atom is 0.188 e. The lowest BCUT2D eigenvalue weighted by atomic mass is 10.00. The molecule has 254 valence electrons. The Kier molecular flexibility index (Phi) is 6.61. The van der Waals surface area contributed by atoms with Crippen molar-refractivity contribution in [1.29, 1.82) is 5.26 Å². The van der Waals surface area contributed by atoms with Crippen LogP contribution >= 0.6 is 0 Å². The van der Waals surface area contributed by atoms with E-state index >= 15 is 0 Å². The molecule has 0 amide bonds. The zero-order chi connectivity index (χ0) is 36.6. The lowest BCUT2D eigenvalue weighted by Gasteiger charge is -2.17. The molecule has 0 N–H and O–H groups in total. The van der Waals surface area contributed by atoms with Crippen molar-refractivity contribution in [2.45, 2.75) is 0 Å². The zero-order valence-corrected chi connectivity index (χ0v) is 29.5. The standard InChI is InChI=1S/C50H29N5/c1-52-34-26-28-48-41(30-34)39-17-6-10-22-46(39)54(48)49-24-12-18-40-38-16-5-11-23-47(38)55(50(40)49)42-27-25-32(29-33(42)31-51)35-13-2-7-19-43(35)53-44-20-8-3-14-36(44)37-15-4-9-21-45(37)53/h2-30H. The minimum absolute atomic E-state index is 0.580. The van der Waals surface area contributed by atoms with Crippen LogP contribution in [0.3, 0.4) is 0 Å². The SMILES string of the molecule is [C-]#[N+]c1ccc2c(c1)c1ccccc1n2-c1cccc2c3ccccc3n(-c3ccc(-c4ccccc4-n4c5ccccc5c5ccccc54)cc3C#N)c12. The number of nitrogens with zero attached hydrogens (tertiary/aromatic N) is 5. The van der Waals surface area contributed by atoms with Crippen molar-refractivity contribution < 1.29 is 0 Å². The maximum atomic E-state index is 11.0. The van der Waals surface area contributed by atoms with Crippen molar-refractivity contribution in [3.05, 3.63) is 193 Å². The second-order valence-corrected chi connectivity index (χ2v) is 13.9. The van der Waals surface area contributed by atoms with Gasteiger partial charge in [-0.3, -0.25) is 0 Å².